The number of allylic oxidation sites excluding steroid dienone is 2. The van der Waals surface area contributed by atoms with Crippen LogP contribution < -0.4 is 5.73 Å². The molecule has 6 rings (SSSR count). The molecule has 2 heteroatoms. The highest BCUT2D eigenvalue weighted by Gasteiger charge is 2.17. The van der Waals surface area contributed by atoms with Gasteiger partial charge < -0.3 is 10.3 Å². The SMILES string of the molecule is CC.Cc1ccccc1.N/C(=C\Cc1ccc(-n2c3c(c4ccccc42)C=CCC3)cc1)c1ccccc1. The lowest BCUT2D eigenvalue weighted by atomic mass is 10.0. The molecular formula is C36H38N2. The lowest BCUT2D eigenvalue weighted by Crippen LogP contribution is -2.03. The Kier molecular flexibility index (Phi) is 9.37. The highest BCUT2D eigenvalue weighted by atomic mass is 15.0. The lowest BCUT2D eigenvalue weighted by Gasteiger charge is -2.13. The fraction of sp³-hybridized carbons (Fsp3) is 0.167. The predicted octanol–water partition coefficient (Wildman–Crippen LogP) is 9.15. The van der Waals surface area contributed by atoms with Crippen molar-refractivity contribution < 1.29 is 0 Å². The average molecular weight is 499 g/mol. The Morgan fingerprint density at radius 1 is 0.789 bits per heavy atom. The van der Waals surface area contributed by atoms with Crippen molar-refractivity contribution in [3.63, 3.8) is 0 Å². The summed E-state index contributed by atoms with van der Waals surface area (Å²) in [5, 5.41) is 1.33. The van der Waals surface area contributed by atoms with Gasteiger partial charge in [-0.2, -0.15) is 0 Å². The van der Waals surface area contributed by atoms with Crippen molar-refractivity contribution >= 4 is 22.7 Å². The van der Waals surface area contributed by atoms with Crippen molar-refractivity contribution in [2.45, 2.75) is 40.0 Å². The number of nitrogens with zero attached hydrogens (tertiary/aromatic N) is 1. The number of nitrogens with two attached hydrogens (primary N) is 1. The molecule has 0 atom stereocenters. The van der Waals surface area contributed by atoms with Gasteiger partial charge in [-0.3, -0.25) is 0 Å². The third-order valence-corrected chi connectivity index (χ3v) is 6.65. The maximum absolute atomic E-state index is 6.24. The molecule has 0 bridgehead atoms. The van der Waals surface area contributed by atoms with Crippen LogP contribution in [0.4, 0.5) is 0 Å². The van der Waals surface area contributed by atoms with Crippen LogP contribution in [0.5, 0.6) is 0 Å². The fourth-order valence-electron chi connectivity index (χ4n) is 4.76. The Morgan fingerprint density at radius 2 is 1.42 bits per heavy atom. The Hall–Kier alpha value is -4.30. The second-order valence-corrected chi connectivity index (χ2v) is 9.20. The molecule has 4 aromatic carbocycles. The van der Waals surface area contributed by atoms with E-state index in [0.29, 0.717) is 0 Å². The summed E-state index contributed by atoms with van der Waals surface area (Å²) >= 11 is 0. The molecule has 192 valence electrons. The van der Waals surface area contributed by atoms with Crippen LogP contribution in [0.1, 0.15) is 48.2 Å². The molecule has 0 aliphatic heterocycles. The topological polar surface area (TPSA) is 30.9 Å². The largest absolute Gasteiger partial charge is 0.398 e. The zero-order valence-corrected chi connectivity index (χ0v) is 22.8. The minimum atomic E-state index is 0.826. The summed E-state index contributed by atoms with van der Waals surface area (Å²) < 4.78 is 2.42. The van der Waals surface area contributed by atoms with Crippen molar-refractivity contribution in [2.24, 2.45) is 5.73 Å². The van der Waals surface area contributed by atoms with Crippen LogP contribution in [-0.2, 0) is 12.8 Å². The van der Waals surface area contributed by atoms with Crippen LogP contribution in [0.3, 0.4) is 0 Å². The zero-order valence-electron chi connectivity index (χ0n) is 22.8. The van der Waals surface area contributed by atoms with E-state index in [1.54, 1.807) is 0 Å². The van der Waals surface area contributed by atoms with Crippen molar-refractivity contribution in [1.29, 1.82) is 0 Å². The molecule has 0 saturated heterocycles. The molecule has 0 amide bonds. The Balaban J connectivity index is 0.000000321. The third kappa shape index (κ3) is 6.33. The summed E-state index contributed by atoms with van der Waals surface area (Å²) in [6, 6.07) is 38.0. The molecule has 1 heterocycles. The second-order valence-electron chi connectivity index (χ2n) is 9.20. The Morgan fingerprint density at radius 3 is 2.08 bits per heavy atom. The Bertz CT molecular complexity index is 1490. The second kappa shape index (κ2) is 13.3. The van der Waals surface area contributed by atoms with E-state index in [2.05, 4.69) is 90.4 Å². The summed E-state index contributed by atoms with van der Waals surface area (Å²) in [6.07, 6.45) is 9.68. The van der Waals surface area contributed by atoms with E-state index >= 15 is 0 Å². The van der Waals surface area contributed by atoms with Gasteiger partial charge in [-0.15, -0.1) is 0 Å². The smallest absolute Gasteiger partial charge is 0.0537 e. The van der Waals surface area contributed by atoms with Gasteiger partial charge in [0.15, 0.2) is 0 Å². The zero-order chi connectivity index (χ0) is 26.7. The molecule has 2 nitrogen and oxygen atoms in total. The summed E-state index contributed by atoms with van der Waals surface area (Å²) in [4.78, 5) is 0. The van der Waals surface area contributed by atoms with Crippen molar-refractivity contribution in [1.82, 2.24) is 4.57 Å². The fourth-order valence-corrected chi connectivity index (χ4v) is 4.76. The number of aromatic nitrogens is 1. The van der Waals surface area contributed by atoms with Crippen LogP contribution >= 0.6 is 0 Å². The van der Waals surface area contributed by atoms with Crippen molar-refractivity contribution in [2.75, 3.05) is 0 Å². The molecule has 0 saturated carbocycles. The molecule has 0 spiro atoms. The van der Waals surface area contributed by atoms with E-state index in [1.165, 1.54) is 39.0 Å². The number of rotatable bonds is 4. The average Bonchev–Trinajstić information content (AvgIpc) is 3.33. The van der Waals surface area contributed by atoms with Gasteiger partial charge in [0.25, 0.3) is 0 Å². The Labute approximate surface area is 227 Å². The summed E-state index contributed by atoms with van der Waals surface area (Å²) in [6.45, 7) is 6.08. The van der Waals surface area contributed by atoms with E-state index in [0.717, 1.165) is 30.5 Å². The van der Waals surface area contributed by atoms with Crippen LogP contribution in [0, 0.1) is 6.92 Å². The van der Waals surface area contributed by atoms with E-state index in [9.17, 15) is 0 Å². The molecule has 1 aliphatic carbocycles. The summed E-state index contributed by atoms with van der Waals surface area (Å²) in [7, 11) is 0. The van der Waals surface area contributed by atoms with Gasteiger partial charge in [-0.25, -0.2) is 0 Å². The number of fused-ring (bicyclic) bond motifs is 3. The van der Waals surface area contributed by atoms with Gasteiger partial charge in [0.1, 0.15) is 0 Å². The molecule has 1 aromatic heterocycles. The summed E-state index contributed by atoms with van der Waals surface area (Å²) in [5.41, 5.74) is 16.0. The van der Waals surface area contributed by atoms with Crippen LogP contribution in [0.25, 0.3) is 28.4 Å². The lowest BCUT2D eigenvalue weighted by molar-refractivity contribution is 0.888. The first-order valence-electron chi connectivity index (χ1n) is 13.6. The van der Waals surface area contributed by atoms with Gasteiger partial charge in [0.2, 0.25) is 0 Å². The van der Waals surface area contributed by atoms with Crippen LogP contribution in [0.15, 0.2) is 121 Å². The minimum absolute atomic E-state index is 0.826. The number of benzene rings is 4. The first-order chi connectivity index (χ1) is 18.7. The van der Waals surface area contributed by atoms with Gasteiger partial charge >= 0.3 is 0 Å². The van der Waals surface area contributed by atoms with Gasteiger partial charge in [-0.1, -0.05) is 129 Å². The van der Waals surface area contributed by atoms with Gasteiger partial charge in [-0.05, 0) is 55.5 Å². The van der Waals surface area contributed by atoms with E-state index in [1.807, 2.05) is 62.4 Å². The maximum atomic E-state index is 6.24. The molecule has 0 radical (unpaired) electrons. The first kappa shape index (κ1) is 26.8. The third-order valence-electron chi connectivity index (χ3n) is 6.65. The van der Waals surface area contributed by atoms with Gasteiger partial charge in [0, 0.05) is 28.0 Å². The van der Waals surface area contributed by atoms with Crippen molar-refractivity contribution in [3.8, 4) is 5.69 Å². The minimum Gasteiger partial charge on any atom is -0.398 e. The van der Waals surface area contributed by atoms with E-state index in [4.69, 9.17) is 5.73 Å². The highest BCUT2D eigenvalue weighted by molar-refractivity contribution is 5.93. The molecule has 0 unspecified atom stereocenters. The first-order valence-corrected chi connectivity index (χ1v) is 13.6. The number of hydrogen-bond acceptors (Lipinski definition) is 1. The molecule has 2 N–H and O–H groups in total. The van der Waals surface area contributed by atoms with Crippen molar-refractivity contribution in [3.05, 3.63) is 149 Å². The molecule has 5 aromatic rings. The molecule has 1 aliphatic rings. The number of para-hydroxylation sites is 1. The maximum Gasteiger partial charge on any atom is 0.0537 e. The molecule has 0 fully saturated rings. The monoisotopic (exact) mass is 498 g/mol. The predicted molar refractivity (Wildman–Crippen MR) is 165 cm³/mol. The molecule has 38 heavy (non-hydrogen) atoms. The van der Waals surface area contributed by atoms with E-state index in [-0.39, 0.29) is 0 Å². The summed E-state index contributed by atoms with van der Waals surface area (Å²) in [5.74, 6) is 0. The normalized spacial score (nSPS) is 12.1. The number of hydrogen-bond donors (Lipinski definition) is 1. The highest BCUT2D eigenvalue weighted by Crippen LogP contribution is 2.33. The quantitative estimate of drug-likeness (QED) is 0.263. The van der Waals surface area contributed by atoms with Crippen LogP contribution in [0.2, 0.25) is 0 Å². The standard InChI is InChI=1S/C27H24N2.C7H8.C2H6/c28-25(21-8-2-1-3-9-21)19-16-20-14-17-22(18-15-20)29-26-12-6-4-10-23(26)24-11-5-7-13-27(24)29;1-7-5-3-2-4-6-7;1-2/h1-6,8-12,14-15,17-19H,7,13,16,28H2;2-6H,1H3;1-2H3/b25-19-;;. The molecular weight excluding hydrogens is 460 g/mol. The van der Waals surface area contributed by atoms with Gasteiger partial charge in [0.05, 0.1) is 5.52 Å². The number of aryl methyl sites for hydroxylation is 1. The van der Waals surface area contributed by atoms with E-state index < -0.39 is 0 Å². The van der Waals surface area contributed by atoms with Crippen LogP contribution in [-0.4, -0.2) is 4.57 Å².